The Hall–Kier alpha value is -1.36. The molecular weight excluding hydrogens is 284 g/mol. The lowest BCUT2D eigenvalue weighted by Gasteiger charge is -2.26. The number of hydrogen-bond acceptors (Lipinski definition) is 3. The van der Waals surface area contributed by atoms with E-state index in [2.05, 4.69) is 35.4 Å². The third kappa shape index (κ3) is 3.84. The number of para-hydroxylation sites is 1. The lowest BCUT2D eigenvalue weighted by atomic mass is 10.1. The van der Waals surface area contributed by atoms with Gasteiger partial charge in [0.2, 0.25) is 0 Å². The van der Waals surface area contributed by atoms with Crippen molar-refractivity contribution in [2.45, 2.75) is 25.4 Å². The number of nitrogens with zero attached hydrogens (tertiary/aromatic N) is 3. The first-order chi connectivity index (χ1) is 9.78. The highest BCUT2D eigenvalue weighted by Crippen LogP contribution is 2.34. The van der Waals surface area contributed by atoms with Crippen molar-refractivity contribution in [1.29, 1.82) is 0 Å². The van der Waals surface area contributed by atoms with Crippen LogP contribution in [0.3, 0.4) is 0 Å². The van der Waals surface area contributed by atoms with Gasteiger partial charge in [-0.05, 0) is 37.9 Å². The monoisotopic (exact) mass is 306 g/mol. The van der Waals surface area contributed by atoms with E-state index in [9.17, 15) is 0 Å². The summed E-state index contributed by atoms with van der Waals surface area (Å²) in [6, 6.07) is 10.7. The van der Waals surface area contributed by atoms with Gasteiger partial charge in [-0.25, -0.2) is 4.68 Å². The summed E-state index contributed by atoms with van der Waals surface area (Å²) in [5.74, 6) is 0.800. The fraction of sp³-hybridized carbons (Fsp3) is 0.438. The summed E-state index contributed by atoms with van der Waals surface area (Å²) in [5.41, 5.74) is 8.23. The molecule has 4 nitrogen and oxygen atoms in total. The molecule has 1 aliphatic rings. The minimum atomic E-state index is 0. The van der Waals surface area contributed by atoms with E-state index in [-0.39, 0.29) is 12.4 Å². The van der Waals surface area contributed by atoms with Crippen LogP contribution in [0.1, 0.15) is 18.4 Å². The molecule has 5 heteroatoms. The molecule has 21 heavy (non-hydrogen) atoms. The number of benzene rings is 1. The molecule has 3 rings (SSSR count). The van der Waals surface area contributed by atoms with Crippen molar-refractivity contribution in [3.8, 4) is 5.69 Å². The van der Waals surface area contributed by atoms with Gasteiger partial charge < -0.3 is 5.73 Å². The van der Waals surface area contributed by atoms with E-state index in [1.807, 2.05) is 29.1 Å². The van der Waals surface area contributed by atoms with Crippen LogP contribution in [-0.2, 0) is 6.54 Å². The van der Waals surface area contributed by atoms with Crippen LogP contribution < -0.4 is 5.73 Å². The van der Waals surface area contributed by atoms with Crippen LogP contribution in [-0.4, -0.2) is 34.3 Å². The molecule has 0 radical (unpaired) electrons. The van der Waals surface area contributed by atoms with Crippen LogP contribution in [0.5, 0.6) is 0 Å². The zero-order valence-electron chi connectivity index (χ0n) is 12.4. The van der Waals surface area contributed by atoms with Gasteiger partial charge in [-0.2, -0.15) is 5.10 Å². The Labute approximate surface area is 132 Å². The van der Waals surface area contributed by atoms with Gasteiger partial charge in [0, 0.05) is 30.9 Å². The molecule has 0 bridgehead atoms. The largest absolute Gasteiger partial charge is 0.329 e. The predicted molar refractivity (Wildman–Crippen MR) is 87.8 cm³/mol. The minimum Gasteiger partial charge on any atom is -0.329 e. The lowest BCUT2D eigenvalue weighted by Crippen LogP contribution is -2.39. The highest BCUT2D eigenvalue weighted by molar-refractivity contribution is 5.85. The first-order valence-corrected chi connectivity index (χ1v) is 7.27. The second-order valence-electron chi connectivity index (χ2n) is 5.68. The molecule has 1 saturated carbocycles. The van der Waals surface area contributed by atoms with Crippen molar-refractivity contribution in [2.24, 2.45) is 11.7 Å². The molecule has 1 aliphatic carbocycles. The maximum Gasteiger partial charge on any atom is 0.0645 e. The normalized spacial score (nSPS) is 15.8. The van der Waals surface area contributed by atoms with Crippen LogP contribution in [0.4, 0.5) is 0 Å². The van der Waals surface area contributed by atoms with Crippen molar-refractivity contribution >= 4 is 12.4 Å². The maximum absolute atomic E-state index is 5.90. The van der Waals surface area contributed by atoms with Gasteiger partial charge in [-0.15, -0.1) is 12.4 Å². The number of aromatic nitrogens is 2. The smallest absolute Gasteiger partial charge is 0.0645 e. The second-order valence-corrected chi connectivity index (χ2v) is 5.68. The van der Waals surface area contributed by atoms with Crippen molar-refractivity contribution in [2.75, 3.05) is 13.6 Å². The molecular formula is C16H23ClN4. The first-order valence-electron chi connectivity index (χ1n) is 7.27. The highest BCUT2D eigenvalue weighted by Gasteiger charge is 2.32. The molecule has 1 unspecified atom stereocenters. The van der Waals surface area contributed by atoms with E-state index in [4.69, 9.17) is 5.73 Å². The van der Waals surface area contributed by atoms with Gasteiger partial charge in [-0.1, -0.05) is 18.2 Å². The average Bonchev–Trinajstić information content (AvgIpc) is 3.19. The van der Waals surface area contributed by atoms with E-state index in [0.29, 0.717) is 6.04 Å². The van der Waals surface area contributed by atoms with Gasteiger partial charge in [0.1, 0.15) is 0 Å². The van der Waals surface area contributed by atoms with Crippen molar-refractivity contribution in [3.63, 3.8) is 0 Å². The Balaban J connectivity index is 0.00000161. The van der Waals surface area contributed by atoms with Gasteiger partial charge in [0.05, 0.1) is 11.9 Å². The molecule has 2 aromatic rings. The molecule has 0 amide bonds. The molecule has 114 valence electrons. The van der Waals surface area contributed by atoms with E-state index in [1.54, 1.807) is 0 Å². The minimum absolute atomic E-state index is 0. The third-order valence-corrected chi connectivity index (χ3v) is 4.06. The Bertz CT molecular complexity index is 550. The van der Waals surface area contributed by atoms with Crippen molar-refractivity contribution in [3.05, 3.63) is 48.3 Å². The third-order valence-electron chi connectivity index (χ3n) is 4.06. The van der Waals surface area contributed by atoms with Crippen LogP contribution in [0.15, 0.2) is 42.7 Å². The number of likely N-dealkylation sites (N-methyl/N-ethyl adjacent to an activating group) is 1. The topological polar surface area (TPSA) is 47.1 Å². The summed E-state index contributed by atoms with van der Waals surface area (Å²) in [6.07, 6.45) is 6.71. The SMILES string of the molecule is CN(Cc1cnn(-c2ccccc2)c1)C(CN)C1CC1.Cl. The van der Waals surface area contributed by atoms with Gasteiger partial charge in [-0.3, -0.25) is 4.90 Å². The standard InChI is InChI=1S/C16H22N4.ClH/c1-19(16(9-17)14-7-8-14)11-13-10-18-20(12-13)15-5-3-2-4-6-15;/h2-6,10,12,14,16H,7-9,11,17H2,1H3;1H. The molecule has 0 saturated heterocycles. The molecule has 0 aliphatic heterocycles. The van der Waals surface area contributed by atoms with E-state index < -0.39 is 0 Å². The first kappa shape index (κ1) is 16.0. The second kappa shape index (κ2) is 7.07. The van der Waals surface area contributed by atoms with E-state index in [1.165, 1.54) is 18.4 Å². The summed E-state index contributed by atoms with van der Waals surface area (Å²) < 4.78 is 1.93. The average molecular weight is 307 g/mol. The fourth-order valence-corrected chi connectivity index (χ4v) is 2.78. The van der Waals surface area contributed by atoms with E-state index in [0.717, 1.165) is 24.7 Å². The lowest BCUT2D eigenvalue weighted by molar-refractivity contribution is 0.215. The zero-order chi connectivity index (χ0) is 13.9. The predicted octanol–water partition coefficient (Wildman–Crippen LogP) is 2.46. The van der Waals surface area contributed by atoms with Crippen molar-refractivity contribution in [1.82, 2.24) is 14.7 Å². The van der Waals surface area contributed by atoms with Gasteiger partial charge >= 0.3 is 0 Å². The van der Waals surface area contributed by atoms with Gasteiger partial charge in [0.25, 0.3) is 0 Å². The molecule has 2 N–H and O–H groups in total. The van der Waals surface area contributed by atoms with Crippen LogP contribution in [0, 0.1) is 5.92 Å². The fourth-order valence-electron chi connectivity index (χ4n) is 2.78. The molecule has 1 fully saturated rings. The molecule has 0 spiro atoms. The number of halogens is 1. The summed E-state index contributed by atoms with van der Waals surface area (Å²) >= 11 is 0. The summed E-state index contributed by atoms with van der Waals surface area (Å²) in [6.45, 7) is 1.65. The Morgan fingerprint density at radius 2 is 2.05 bits per heavy atom. The number of rotatable bonds is 6. The summed E-state index contributed by atoms with van der Waals surface area (Å²) in [5, 5.41) is 4.44. The number of nitrogens with two attached hydrogens (primary N) is 1. The number of hydrogen-bond donors (Lipinski definition) is 1. The zero-order valence-corrected chi connectivity index (χ0v) is 13.2. The Morgan fingerprint density at radius 3 is 2.67 bits per heavy atom. The Kier molecular flexibility index (Phi) is 5.39. The quantitative estimate of drug-likeness (QED) is 0.892. The summed E-state index contributed by atoms with van der Waals surface area (Å²) in [4.78, 5) is 2.37. The molecule has 1 heterocycles. The van der Waals surface area contributed by atoms with Crippen LogP contribution in [0.25, 0.3) is 5.69 Å². The maximum atomic E-state index is 5.90. The molecule has 1 aromatic carbocycles. The highest BCUT2D eigenvalue weighted by atomic mass is 35.5. The van der Waals surface area contributed by atoms with E-state index >= 15 is 0 Å². The van der Waals surface area contributed by atoms with Crippen molar-refractivity contribution < 1.29 is 0 Å². The molecule has 1 atom stereocenters. The molecule has 1 aromatic heterocycles. The summed E-state index contributed by atoms with van der Waals surface area (Å²) in [7, 11) is 2.16. The van der Waals surface area contributed by atoms with Crippen LogP contribution in [0.2, 0.25) is 0 Å². The van der Waals surface area contributed by atoms with Crippen LogP contribution >= 0.6 is 12.4 Å². The van der Waals surface area contributed by atoms with Gasteiger partial charge in [0.15, 0.2) is 0 Å². The Morgan fingerprint density at radius 1 is 1.33 bits per heavy atom.